The number of methoxy groups -OCH3 is 1. The van der Waals surface area contributed by atoms with Gasteiger partial charge < -0.3 is 24.6 Å². The van der Waals surface area contributed by atoms with Gasteiger partial charge in [-0.15, -0.1) is 0 Å². The molecule has 3 N–H and O–H groups in total. The van der Waals surface area contributed by atoms with Gasteiger partial charge in [-0.05, 0) is 44.9 Å². The Morgan fingerprint density at radius 3 is 2.24 bits per heavy atom. The molecule has 1 aromatic rings. The van der Waals surface area contributed by atoms with Crippen LogP contribution in [-0.2, 0) is 30.8 Å². The molecule has 0 aliphatic rings. The van der Waals surface area contributed by atoms with E-state index in [1.165, 1.54) is 19.2 Å². The Morgan fingerprint density at radius 2 is 1.76 bits per heavy atom. The molecule has 0 aromatic heterocycles. The number of amides is 1. The van der Waals surface area contributed by atoms with E-state index in [2.05, 4.69) is 5.32 Å². The number of ether oxygens (including phenoxy) is 3. The molecule has 29 heavy (non-hydrogen) atoms. The van der Waals surface area contributed by atoms with Crippen molar-refractivity contribution < 1.29 is 41.9 Å². The Balaban J connectivity index is 2.71. The number of carbonyl (C=O) groups excluding carboxylic acids is 2. The van der Waals surface area contributed by atoms with Crippen LogP contribution in [0.4, 0.5) is 4.79 Å². The van der Waals surface area contributed by atoms with Crippen molar-refractivity contribution in [3.8, 4) is 5.75 Å². The van der Waals surface area contributed by atoms with E-state index in [9.17, 15) is 23.1 Å². The maximum atomic E-state index is 12.0. The Kier molecular flexibility index (Phi) is 9.02. The summed E-state index contributed by atoms with van der Waals surface area (Å²) >= 11 is 0. The zero-order valence-corrected chi connectivity index (χ0v) is 17.6. The molecule has 0 spiro atoms. The number of hydrogen-bond acceptors (Lipinski definition) is 8. The molecule has 0 fully saturated rings. The van der Waals surface area contributed by atoms with Gasteiger partial charge in [-0.1, -0.05) is 12.1 Å². The quantitative estimate of drug-likeness (QED) is 0.226. The molecule has 0 saturated carbocycles. The fourth-order valence-corrected chi connectivity index (χ4v) is 2.61. The summed E-state index contributed by atoms with van der Waals surface area (Å²) in [6.07, 6.45) is -2.27. The Morgan fingerprint density at radius 1 is 1.17 bits per heavy atom. The first-order chi connectivity index (χ1) is 13.3. The van der Waals surface area contributed by atoms with Crippen LogP contribution < -0.4 is 10.1 Å². The minimum atomic E-state index is -4.25. The number of esters is 1. The lowest BCUT2D eigenvalue weighted by Crippen LogP contribution is -2.47. The molecular weight excluding hydrogens is 406 g/mol. The van der Waals surface area contributed by atoms with E-state index < -0.39 is 52.3 Å². The Hall–Kier alpha value is -2.21. The molecule has 2 atom stereocenters. The van der Waals surface area contributed by atoms with E-state index in [0.29, 0.717) is 5.56 Å². The summed E-state index contributed by atoms with van der Waals surface area (Å²) in [5.41, 5.74) is -0.00651. The third-order valence-electron chi connectivity index (χ3n) is 3.46. The summed E-state index contributed by atoms with van der Waals surface area (Å²) in [5, 5.41) is 12.5. The van der Waals surface area contributed by atoms with Gasteiger partial charge in [-0.2, -0.15) is 8.42 Å². The fourth-order valence-electron chi connectivity index (χ4n) is 2.19. The Bertz CT molecular complexity index is 785. The number of alkyl carbamates (subject to hydrolysis) is 1. The highest BCUT2D eigenvalue weighted by Gasteiger charge is 2.25. The van der Waals surface area contributed by atoms with Gasteiger partial charge in [-0.25, -0.2) is 4.79 Å². The molecule has 0 aliphatic carbocycles. The highest BCUT2D eigenvalue weighted by atomic mass is 32.2. The number of rotatable bonds is 9. The van der Waals surface area contributed by atoms with Crippen LogP contribution in [0.5, 0.6) is 5.75 Å². The first kappa shape index (κ1) is 24.8. The van der Waals surface area contributed by atoms with E-state index >= 15 is 0 Å². The van der Waals surface area contributed by atoms with E-state index in [4.69, 9.17) is 18.8 Å². The van der Waals surface area contributed by atoms with Crippen molar-refractivity contribution in [1.29, 1.82) is 0 Å². The summed E-state index contributed by atoms with van der Waals surface area (Å²) in [4.78, 5) is 23.5. The summed E-state index contributed by atoms with van der Waals surface area (Å²) in [6.45, 7) is 5.14. The smallest absolute Gasteiger partial charge is 0.408 e. The normalized spacial score (nSPS) is 14.0. The Labute approximate surface area is 169 Å². The van der Waals surface area contributed by atoms with Crippen LogP contribution in [0.15, 0.2) is 24.3 Å². The molecule has 0 heterocycles. The van der Waals surface area contributed by atoms with Crippen molar-refractivity contribution in [2.24, 2.45) is 0 Å². The van der Waals surface area contributed by atoms with Crippen molar-refractivity contribution in [3.05, 3.63) is 29.8 Å². The third-order valence-corrected chi connectivity index (χ3v) is 4.18. The standard InChI is InChI=1S/C18H27NO9S/c1-18(2,3)28-17(22)19-14(16(21)26-4)11-12-5-7-13(8-6-12)27-15(20)9-10-29(23,24)25/h5-8,14,16,21H,9-11H2,1-4H3,(H,19,22)(H,23,24,25). The SMILES string of the molecule is COC(O)C(Cc1ccc(OC(=O)CCS(=O)(=O)O)cc1)NC(=O)OC(C)(C)C. The van der Waals surface area contributed by atoms with Crippen LogP contribution in [0.1, 0.15) is 32.8 Å². The number of carbonyl (C=O) groups is 2. The summed E-state index contributed by atoms with van der Waals surface area (Å²) in [5.74, 6) is -1.36. The number of nitrogens with one attached hydrogen (secondary N) is 1. The van der Waals surface area contributed by atoms with Gasteiger partial charge in [0.2, 0.25) is 0 Å². The van der Waals surface area contributed by atoms with Gasteiger partial charge in [-0.3, -0.25) is 9.35 Å². The topological polar surface area (TPSA) is 148 Å². The maximum Gasteiger partial charge on any atom is 0.408 e. The molecule has 0 radical (unpaired) electrons. The highest BCUT2D eigenvalue weighted by Crippen LogP contribution is 2.16. The molecule has 11 heteroatoms. The lowest BCUT2D eigenvalue weighted by molar-refractivity contribution is -0.133. The average molecular weight is 433 g/mol. The second-order valence-electron chi connectivity index (χ2n) is 7.24. The van der Waals surface area contributed by atoms with Gasteiger partial charge in [0.1, 0.15) is 11.4 Å². The number of hydrogen-bond donors (Lipinski definition) is 3. The first-order valence-corrected chi connectivity index (χ1v) is 10.3. The van der Waals surface area contributed by atoms with Gasteiger partial charge in [0.15, 0.2) is 6.29 Å². The number of aliphatic hydroxyl groups excluding tert-OH is 1. The van der Waals surface area contributed by atoms with Crippen molar-refractivity contribution in [2.45, 2.75) is 51.5 Å². The lowest BCUT2D eigenvalue weighted by Gasteiger charge is -2.26. The second kappa shape index (κ2) is 10.5. The van der Waals surface area contributed by atoms with Crippen LogP contribution in [0.2, 0.25) is 0 Å². The maximum absolute atomic E-state index is 12.0. The van der Waals surface area contributed by atoms with Crippen LogP contribution in [0.25, 0.3) is 0 Å². The van der Waals surface area contributed by atoms with E-state index in [1.807, 2.05) is 0 Å². The van der Waals surface area contributed by atoms with Crippen LogP contribution in [0.3, 0.4) is 0 Å². The molecule has 1 aromatic carbocycles. The molecule has 0 saturated heterocycles. The van der Waals surface area contributed by atoms with Gasteiger partial charge in [0, 0.05) is 7.11 Å². The second-order valence-corrected chi connectivity index (χ2v) is 8.81. The zero-order valence-electron chi connectivity index (χ0n) is 16.7. The van der Waals surface area contributed by atoms with Crippen LogP contribution in [0, 0.1) is 0 Å². The predicted molar refractivity (Wildman–Crippen MR) is 103 cm³/mol. The first-order valence-electron chi connectivity index (χ1n) is 8.74. The van der Waals surface area contributed by atoms with Crippen molar-refractivity contribution >= 4 is 22.2 Å². The van der Waals surface area contributed by atoms with Crippen molar-refractivity contribution in [1.82, 2.24) is 5.32 Å². The molecule has 164 valence electrons. The van der Waals surface area contributed by atoms with Gasteiger partial charge in [0.05, 0.1) is 18.2 Å². The molecule has 1 amide bonds. The molecular formula is C18H27NO9S. The summed E-state index contributed by atoms with van der Waals surface area (Å²) < 4.78 is 45.0. The van der Waals surface area contributed by atoms with E-state index in [-0.39, 0.29) is 12.2 Å². The molecule has 0 bridgehead atoms. The van der Waals surface area contributed by atoms with Crippen molar-refractivity contribution in [3.63, 3.8) is 0 Å². The predicted octanol–water partition coefficient (Wildman–Crippen LogP) is 1.27. The lowest BCUT2D eigenvalue weighted by atomic mass is 10.1. The third kappa shape index (κ3) is 10.8. The monoisotopic (exact) mass is 433 g/mol. The highest BCUT2D eigenvalue weighted by molar-refractivity contribution is 7.85. The zero-order chi connectivity index (χ0) is 22.2. The number of aliphatic hydroxyl groups is 1. The van der Waals surface area contributed by atoms with Crippen molar-refractivity contribution in [2.75, 3.05) is 12.9 Å². The average Bonchev–Trinajstić information content (AvgIpc) is 2.58. The molecule has 2 unspecified atom stereocenters. The van der Waals surface area contributed by atoms with E-state index in [1.54, 1.807) is 32.9 Å². The summed E-state index contributed by atoms with van der Waals surface area (Å²) in [7, 11) is -2.95. The number of benzene rings is 1. The minimum absolute atomic E-state index is 0.179. The molecule has 1 rings (SSSR count). The molecule has 10 nitrogen and oxygen atoms in total. The molecule has 0 aliphatic heterocycles. The van der Waals surface area contributed by atoms with Crippen LogP contribution >= 0.6 is 0 Å². The largest absolute Gasteiger partial charge is 0.444 e. The summed E-state index contributed by atoms with van der Waals surface area (Å²) in [6, 6.07) is 5.38. The fraction of sp³-hybridized carbons (Fsp3) is 0.556. The van der Waals surface area contributed by atoms with Crippen LogP contribution in [-0.4, -0.2) is 60.9 Å². The van der Waals surface area contributed by atoms with Gasteiger partial charge >= 0.3 is 12.1 Å². The minimum Gasteiger partial charge on any atom is -0.444 e. The van der Waals surface area contributed by atoms with Gasteiger partial charge in [0.25, 0.3) is 10.1 Å². The van der Waals surface area contributed by atoms with E-state index in [0.717, 1.165) is 0 Å².